The van der Waals surface area contributed by atoms with Crippen LogP contribution in [-0.4, -0.2) is 19.2 Å². The van der Waals surface area contributed by atoms with Crippen LogP contribution in [0.5, 0.6) is 0 Å². The molecule has 0 spiro atoms. The number of morpholine rings is 1. The van der Waals surface area contributed by atoms with E-state index in [1.807, 2.05) is 0 Å². The normalized spacial score (nSPS) is 29.3. The third kappa shape index (κ3) is 3.18. The van der Waals surface area contributed by atoms with Gasteiger partial charge >= 0.3 is 0 Å². The third-order valence-electron chi connectivity index (χ3n) is 4.54. The minimum absolute atomic E-state index is 0.226. The second kappa shape index (κ2) is 6.06. The van der Waals surface area contributed by atoms with Gasteiger partial charge in [0.25, 0.3) is 0 Å². The van der Waals surface area contributed by atoms with Crippen LogP contribution in [0.2, 0.25) is 0 Å². The largest absolute Gasteiger partial charge is 0.368 e. The van der Waals surface area contributed by atoms with Crippen molar-refractivity contribution in [2.75, 3.05) is 13.1 Å². The minimum atomic E-state index is 0.226. The van der Waals surface area contributed by atoms with Gasteiger partial charge in [-0.15, -0.1) is 0 Å². The molecule has 2 nitrogen and oxygen atoms in total. The summed E-state index contributed by atoms with van der Waals surface area (Å²) in [6, 6.07) is 9.20. The zero-order valence-electron chi connectivity index (χ0n) is 11.9. The first-order valence-electron chi connectivity index (χ1n) is 7.79. The van der Waals surface area contributed by atoms with Crippen molar-refractivity contribution >= 4 is 0 Å². The predicted octanol–water partition coefficient (Wildman–Crippen LogP) is 3.78. The van der Waals surface area contributed by atoms with Gasteiger partial charge in [0.2, 0.25) is 0 Å². The Hall–Kier alpha value is -0.860. The van der Waals surface area contributed by atoms with Gasteiger partial charge in [0.05, 0.1) is 12.2 Å². The zero-order chi connectivity index (χ0) is 13.1. The van der Waals surface area contributed by atoms with Crippen molar-refractivity contribution < 1.29 is 4.74 Å². The maximum absolute atomic E-state index is 6.00. The number of rotatable bonds is 2. The maximum Gasteiger partial charge on any atom is 0.0953 e. The van der Waals surface area contributed by atoms with E-state index in [0.717, 1.165) is 19.0 Å². The Bertz CT molecular complexity index is 394. The molecule has 2 aliphatic rings. The monoisotopic (exact) mass is 259 g/mol. The third-order valence-corrected chi connectivity index (χ3v) is 4.54. The molecular weight excluding hydrogens is 234 g/mol. The molecule has 2 fully saturated rings. The molecule has 1 aliphatic heterocycles. The summed E-state index contributed by atoms with van der Waals surface area (Å²) >= 11 is 0. The zero-order valence-corrected chi connectivity index (χ0v) is 11.9. The lowest BCUT2D eigenvalue weighted by molar-refractivity contribution is -0.0287. The first kappa shape index (κ1) is 13.1. The summed E-state index contributed by atoms with van der Waals surface area (Å²) in [4.78, 5) is 0. The average Bonchev–Trinajstić information content (AvgIpc) is 2.48. The summed E-state index contributed by atoms with van der Waals surface area (Å²) in [6.07, 6.45) is 7.52. The van der Waals surface area contributed by atoms with Crippen LogP contribution in [0.3, 0.4) is 0 Å². The number of hydrogen-bond acceptors (Lipinski definition) is 2. The summed E-state index contributed by atoms with van der Waals surface area (Å²) in [5, 5.41) is 3.44. The highest BCUT2D eigenvalue weighted by Crippen LogP contribution is 2.33. The van der Waals surface area contributed by atoms with Crippen molar-refractivity contribution in [3.63, 3.8) is 0 Å². The molecule has 2 unspecified atom stereocenters. The molecule has 104 valence electrons. The lowest BCUT2D eigenvalue weighted by Crippen LogP contribution is -2.38. The van der Waals surface area contributed by atoms with Crippen molar-refractivity contribution in [2.45, 2.75) is 57.2 Å². The molecule has 3 rings (SSSR count). The van der Waals surface area contributed by atoms with Crippen molar-refractivity contribution in [2.24, 2.45) is 0 Å². The van der Waals surface area contributed by atoms with E-state index in [0.29, 0.717) is 6.10 Å². The second-order valence-corrected chi connectivity index (χ2v) is 6.10. The number of nitrogens with one attached hydrogen (secondary N) is 1. The Morgan fingerprint density at radius 3 is 2.32 bits per heavy atom. The maximum atomic E-state index is 6.00. The van der Waals surface area contributed by atoms with E-state index in [4.69, 9.17) is 4.74 Å². The molecular formula is C17H25NO. The molecule has 0 amide bonds. The van der Waals surface area contributed by atoms with Crippen LogP contribution in [0.15, 0.2) is 24.3 Å². The van der Waals surface area contributed by atoms with Crippen molar-refractivity contribution in [1.29, 1.82) is 0 Å². The fourth-order valence-corrected chi connectivity index (χ4v) is 3.41. The molecule has 1 saturated heterocycles. The molecule has 2 heteroatoms. The predicted molar refractivity (Wildman–Crippen MR) is 78.4 cm³/mol. The van der Waals surface area contributed by atoms with Gasteiger partial charge in [-0.25, -0.2) is 0 Å². The van der Waals surface area contributed by atoms with E-state index in [-0.39, 0.29) is 6.10 Å². The van der Waals surface area contributed by atoms with Crippen molar-refractivity contribution in [3.8, 4) is 0 Å². The smallest absolute Gasteiger partial charge is 0.0953 e. The summed E-state index contributed by atoms with van der Waals surface area (Å²) in [5.41, 5.74) is 2.85. The Balaban J connectivity index is 1.67. The van der Waals surface area contributed by atoms with E-state index in [1.54, 1.807) is 0 Å². The molecule has 1 aromatic rings. The van der Waals surface area contributed by atoms with Gasteiger partial charge in [0.15, 0.2) is 0 Å². The fourth-order valence-electron chi connectivity index (χ4n) is 3.41. The minimum Gasteiger partial charge on any atom is -0.368 e. The van der Waals surface area contributed by atoms with Crippen LogP contribution >= 0.6 is 0 Å². The van der Waals surface area contributed by atoms with Crippen LogP contribution in [0.4, 0.5) is 0 Å². The lowest BCUT2D eigenvalue weighted by atomic mass is 9.84. The van der Waals surface area contributed by atoms with Gasteiger partial charge in [0, 0.05) is 13.1 Å². The van der Waals surface area contributed by atoms with Crippen molar-refractivity contribution in [3.05, 3.63) is 35.4 Å². The number of ether oxygens (including phenoxy) is 1. The summed E-state index contributed by atoms with van der Waals surface area (Å²) in [7, 11) is 0. The first-order chi connectivity index (χ1) is 9.33. The second-order valence-electron chi connectivity index (χ2n) is 6.10. The molecule has 0 bridgehead atoms. The highest BCUT2D eigenvalue weighted by molar-refractivity contribution is 5.27. The summed E-state index contributed by atoms with van der Waals surface area (Å²) < 4.78 is 6.00. The Morgan fingerprint density at radius 2 is 1.63 bits per heavy atom. The quantitative estimate of drug-likeness (QED) is 0.872. The molecule has 0 radical (unpaired) electrons. The topological polar surface area (TPSA) is 21.3 Å². The van der Waals surface area contributed by atoms with Gasteiger partial charge in [-0.2, -0.15) is 0 Å². The molecule has 2 atom stereocenters. The van der Waals surface area contributed by atoms with Crippen LogP contribution in [-0.2, 0) is 4.74 Å². The van der Waals surface area contributed by atoms with Gasteiger partial charge in [-0.3, -0.25) is 0 Å². The number of benzene rings is 1. The number of hydrogen-bond donors (Lipinski definition) is 1. The van der Waals surface area contributed by atoms with Gasteiger partial charge in [0.1, 0.15) is 0 Å². The van der Waals surface area contributed by atoms with E-state index in [2.05, 4.69) is 36.5 Å². The molecule has 1 aromatic carbocycles. The van der Waals surface area contributed by atoms with Crippen LogP contribution in [0.1, 0.15) is 62.2 Å². The molecule has 0 aromatic heterocycles. The van der Waals surface area contributed by atoms with Crippen LogP contribution in [0, 0.1) is 0 Å². The lowest BCUT2D eigenvalue weighted by Gasteiger charge is -2.29. The van der Waals surface area contributed by atoms with Crippen LogP contribution in [0.25, 0.3) is 0 Å². The standard InChI is InChI=1S/C17H25NO/c1-13-11-18-12-17(19-13)16-9-7-15(8-10-16)14-5-3-2-4-6-14/h7-10,13-14,17-18H,2-6,11-12H2,1H3. The summed E-state index contributed by atoms with van der Waals surface area (Å²) in [6.45, 7) is 4.04. The van der Waals surface area contributed by atoms with Gasteiger partial charge in [-0.1, -0.05) is 43.5 Å². The Morgan fingerprint density at radius 1 is 0.947 bits per heavy atom. The van der Waals surface area contributed by atoms with E-state index >= 15 is 0 Å². The molecule has 1 aliphatic carbocycles. The SMILES string of the molecule is CC1CNCC(c2ccc(C3CCCCC3)cc2)O1. The first-order valence-corrected chi connectivity index (χ1v) is 7.79. The van der Waals surface area contributed by atoms with E-state index < -0.39 is 0 Å². The Kier molecular flexibility index (Phi) is 4.19. The molecule has 19 heavy (non-hydrogen) atoms. The van der Waals surface area contributed by atoms with Gasteiger partial charge in [-0.05, 0) is 36.8 Å². The molecule has 1 N–H and O–H groups in total. The Labute approximate surface area is 116 Å². The molecule has 1 saturated carbocycles. The average molecular weight is 259 g/mol. The van der Waals surface area contributed by atoms with E-state index in [1.165, 1.54) is 43.2 Å². The highest BCUT2D eigenvalue weighted by atomic mass is 16.5. The van der Waals surface area contributed by atoms with Crippen molar-refractivity contribution in [1.82, 2.24) is 5.32 Å². The molecule has 1 heterocycles. The van der Waals surface area contributed by atoms with Gasteiger partial charge < -0.3 is 10.1 Å². The van der Waals surface area contributed by atoms with Crippen LogP contribution < -0.4 is 5.32 Å². The fraction of sp³-hybridized carbons (Fsp3) is 0.647. The highest BCUT2D eigenvalue weighted by Gasteiger charge is 2.21. The van der Waals surface area contributed by atoms with E-state index in [9.17, 15) is 0 Å². The summed E-state index contributed by atoms with van der Waals surface area (Å²) in [5.74, 6) is 0.798.